The zero-order valence-corrected chi connectivity index (χ0v) is 20.2. The molecule has 0 spiro atoms. The Morgan fingerprint density at radius 1 is 0.917 bits per heavy atom. The number of hydrogen-bond acceptors (Lipinski definition) is 4. The van der Waals surface area contributed by atoms with Crippen molar-refractivity contribution in [2.75, 3.05) is 26.2 Å². The Bertz CT molecular complexity index is 1380. The zero-order valence-electron chi connectivity index (χ0n) is 20.2. The molecule has 0 unspecified atom stereocenters. The molecule has 2 aromatic heterocycles. The highest BCUT2D eigenvalue weighted by molar-refractivity contribution is 5.87. The summed E-state index contributed by atoms with van der Waals surface area (Å²) in [5.41, 5.74) is 4.07. The number of pyridine rings is 1. The number of carbonyl (C=O) groups is 2. The van der Waals surface area contributed by atoms with Gasteiger partial charge in [-0.05, 0) is 42.7 Å². The first-order chi connectivity index (χ1) is 17.7. The number of para-hydroxylation sites is 2. The largest absolute Gasteiger partial charge is 0.341 e. The van der Waals surface area contributed by atoms with Crippen molar-refractivity contribution in [3.8, 4) is 11.5 Å². The van der Waals surface area contributed by atoms with Gasteiger partial charge < -0.3 is 14.4 Å². The van der Waals surface area contributed by atoms with Crippen LogP contribution < -0.4 is 0 Å². The van der Waals surface area contributed by atoms with Crippen LogP contribution >= 0.6 is 0 Å². The third kappa shape index (κ3) is 4.26. The van der Waals surface area contributed by atoms with Crippen LogP contribution in [-0.4, -0.2) is 62.3 Å². The highest BCUT2D eigenvalue weighted by Crippen LogP contribution is 2.33. The molecule has 0 saturated carbocycles. The lowest BCUT2D eigenvalue weighted by Gasteiger charge is -2.34. The maximum absolute atomic E-state index is 13.1. The molecule has 4 heterocycles. The number of carbonyl (C=O) groups excluding carboxylic acids is 2. The van der Waals surface area contributed by atoms with Crippen LogP contribution in [0.15, 0.2) is 79.0 Å². The molecule has 2 saturated heterocycles. The monoisotopic (exact) mass is 479 g/mol. The molecule has 36 heavy (non-hydrogen) atoms. The number of fused-ring (bicyclic) bond motifs is 1. The van der Waals surface area contributed by atoms with Crippen LogP contribution in [0.1, 0.15) is 36.8 Å². The number of likely N-dealkylation sites (tertiary alicyclic amines) is 2. The molecule has 2 aliphatic rings. The third-order valence-electron chi connectivity index (χ3n) is 7.48. The molecule has 0 radical (unpaired) electrons. The zero-order chi connectivity index (χ0) is 24.5. The maximum Gasteiger partial charge on any atom is 0.242 e. The molecule has 0 N–H and O–H groups in total. The summed E-state index contributed by atoms with van der Waals surface area (Å²) in [7, 11) is 0. The van der Waals surface area contributed by atoms with E-state index in [2.05, 4.69) is 27.8 Å². The van der Waals surface area contributed by atoms with Gasteiger partial charge in [0.15, 0.2) is 5.82 Å². The molecule has 182 valence electrons. The van der Waals surface area contributed by atoms with Gasteiger partial charge in [-0.1, -0.05) is 48.5 Å². The predicted molar refractivity (Wildman–Crippen MR) is 138 cm³/mol. The summed E-state index contributed by atoms with van der Waals surface area (Å²) in [5.74, 6) is 1.14. The molecule has 2 amide bonds. The second-order valence-electron chi connectivity index (χ2n) is 9.71. The molecule has 1 atom stereocenters. The Labute approximate surface area is 210 Å². The van der Waals surface area contributed by atoms with Gasteiger partial charge in [-0.25, -0.2) is 4.98 Å². The second kappa shape index (κ2) is 9.57. The minimum absolute atomic E-state index is 0.0379. The lowest BCUT2D eigenvalue weighted by molar-refractivity contribution is -0.139. The van der Waals surface area contributed by atoms with Crippen LogP contribution in [0.25, 0.3) is 22.6 Å². The number of imidazole rings is 1. The fraction of sp³-hybridized carbons (Fsp3) is 0.310. The summed E-state index contributed by atoms with van der Waals surface area (Å²) < 4.78 is 2.30. The second-order valence-corrected chi connectivity index (χ2v) is 9.71. The number of benzene rings is 2. The Morgan fingerprint density at radius 3 is 2.44 bits per heavy atom. The van der Waals surface area contributed by atoms with Crippen molar-refractivity contribution >= 4 is 22.8 Å². The molecule has 4 aromatic rings. The Balaban J connectivity index is 1.14. The van der Waals surface area contributed by atoms with Crippen molar-refractivity contribution in [3.63, 3.8) is 0 Å². The van der Waals surface area contributed by atoms with Crippen LogP contribution in [-0.2, 0) is 9.59 Å². The first-order valence-corrected chi connectivity index (χ1v) is 12.7. The topological polar surface area (TPSA) is 71.3 Å². The lowest BCUT2D eigenvalue weighted by atomic mass is 9.99. The van der Waals surface area contributed by atoms with Crippen molar-refractivity contribution in [1.82, 2.24) is 24.3 Å². The standard InChI is InChI=1S/C29H29N5O2/c35-27-18-22(21-8-2-1-3-9-21)19-33(27)20-28(36)32-16-13-23(14-17-32)34-26-12-5-4-10-24(26)31-29(34)25-11-6-7-15-30-25/h1-12,15,22-23H,13-14,16-20H2/t22-/m0/s1. The highest BCUT2D eigenvalue weighted by atomic mass is 16.2. The van der Waals surface area contributed by atoms with Gasteiger partial charge in [0.25, 0.3) is 0 Å². The smallest absolute Gasteiger partial charge is 0.242 e. The molecule has 2 aromatic carbocycles. The summed E-state index contributed by atoms with van der Waals surface area (Å²) >= 11 is 0. The first kappa shape index (κ1) is 22.5. The van der Waals surface area contributed by atoms with Crippen molar-refractivity contribution in [2.24, 2.45) is 0 Å². The summed E-state index contributed by atoms with van der Waals surface area (Å²) in [6.07, 6.45) is 3.95. The van der Waals surface area contributed by atoms with E-state index in [9.17, 15) is 9.59 Å². The highest BCUT2D eigenvalue weighted by Gasteiger charge is 2.34. The molecule has 0 bridgehead atoms. The number of amides is 2. The molecule has 2 aliphatic heterocycles. The van der Waals surface area contributed by atoms with Crippen LogP contribution in [0.4, 0.5) is 0 Å². The molecule has 0 aliphatic carbocycles. The fourth-order valence-corrected chi connectivity index (χ4v) is 5.60. The van der Waals surface area contributed by atoms with Gasteiger partial charge in [0.05, 0.1) is 17.6 Å². The molecule has 7 nitrogen and oxygen atoms in total. The van der Waals surface area contributed by atoms with Gasteiger partial charge in [-0.3, -0.25) is 14.6 Å². The summed E-state index contributed by atoms with van der Waals surface area (Å²) in [6, 6.07) is 24.4. The maximum atomic E-state index is 13.1. The minimum Gasteiger partial charge on any atom is -0.341 e. The molecular formula is C29H29N5O2. The van der Waals surface area contributed by atoms with E-state index in [0.29, 0.717) is 26.1 Å². The predicted octanol–water partition coefficient (Wildman–Crippen LogP) is 4.28. The normalized spacial score (nSPS) is 18.8. The number of hydrogen-bond donors (Lipinski definition) is 0. The van der Waals surface area contributed by atoms with Gasteiger partial charge in [0, 0.05) is 44.2 Å². The fourth-order valence-electron chi connectivity index (χ4n) is 5.60. The average Bonchev–Trinajstić information content (AvgIpc) is 3.50. The summed E-state index contributed by atoms with van der Waals surface area (Å²) in [6.45, 7) is 2.11. The van der Waals surface area contributed by atoms with Gasteiger partial charge in [-0.2, -0.15) is 0 Å². The quantitative estimate of drug-likeness (QED) is 0.428. The van der Waals surface area contributed by atoms with Crippen molar-refractivity contribution in [2.45, 2.75) is 31.2 Å². The molecule has 2 fully saturated rings. The number of aromatic nitrogens is 3. The van der Waals surface area contributed by atoms with E-state index in [1.807, 2.05) is 59.5 Å². The minimum atomic E-state index is 0.0379. The van der Waals surface area contributed by atoms with Crippen LogP contribution in [0.5, 0.6) is 0 Å². The Morgan fingerprint density at radius 2 is 1.67 bits per heavy atom. The van der Waals surface area contributed by atoms with Crippen molar-refractivity contribution < 1.29 is 9.59 Å². The van der Waals surface area contributed by atoms with Crippen molar-refractivity contribution in [1.29, 1.82) is 0 Å². The van der Waals surface area contributed by atoms with Gasteiger partial charge in [0.1, 0.15) is 5.69 Å². The van der Waals surface area contributed by atoms with Crippen LogP contribution in [0.3, 0.4) is 0 Å². The number of nitrogens with zero attached hydrogens (tertiary/aromatic N) is 5. The van der Waals surface area contributed by atoms with Gasteiger partial charge in [-0.15, -0.1) is 0 Å². The summed E-state index contributed by atoms with van der Waals surface area (Å²) in [4.78, 5) is 38.9. The van der Waals surface area contributed by atoms with E-state index in [-0.39, 0.29) is 30.3 Å². The Kier molecular flexibility index (Phi) is 5.97. The first-order valence-electron chi connectivity index (χ1n) is 12.7. The van der Waals surface area contributed by atoms with Crippen LogP contribution in [0.2, 0.25) is 0 Å². The van der Waals surface area contributed by atoms with E-state index < -0.39 is 0 Å². The van der Waals surface area contributed by atoms with E-state index in [4.69, 9.17) is 4.98 Å². The van der Waals surface area contributed by atoms with Gasteiger partial charge >= 0.3 is 0 Å². The lowest BCUT2D eigenvalue weighted by Crippen LogP contribution is -2.44. The van der Waals surface area contributed by atoms with Gasteiger partial charge in [0.2, 0.25) is 11.8 Å². The molecule has 7 heteroatoms. The average molecular weight is 480 g/mol. The van der Waals surface area contributed by atoms with E-state index in [1.165, 1.54) is 0 Å². The number of piperidine rings is 1. The van der Waals surface area contributed by atoms with E-state index in [0.717, 1.165) is 41.0 Å². The summed E-state index contributed by atoms with van der Waals surface area (Å²) in [5, 5.41) is 0. The number of rotatable bonds is 5. The third-order valence-corrected chi connectivity index (χ3v) is 7.48. The Hall–Kier alpha value is -4.00. The molecule has 6 rings (SSSR count). The van der Waals surface area contributed by atoms with Crippen LogP contribution in [0, 0.1) is 0 Å². The molecular weight excluding hydrogens is 450 g/mol. The van der Waals surface area contributed by atoms with E-state index >= 15 is 0 Å². The van der Waals surface area contributed by atoms with E-state index in [1.54, 1.807) is 11.1 Å². The van der Waals surface area contributed by atoms with Crippen molar-refractivity contribution in [3.05, 3.63) is 84.6 Å². The SMILES string of the molecule is O=C(CN1C[C@@H](c2ccccc2)CC1=O)N1CCC(n2c(-c3ccccn3)nc3ccccc32)CC1.